The molecule has 0 aliphatic heterocycles. The van der Waals surface area contributed by atoms with Gasteiger partial charge in [0.15, 0.2) is 23.9 Å². The maximum atomic E-state index is 12.4. The summed E-state index contributed by atoms with van der Waals surface area (Å²) in [6.45, 7) is -2.19. The molecule has 0 spiro atoms. The van der Waals surface area contributed by atoms with E-state index < -0.39 is 31.1 Å². The number of hydrogen-bond acceptors (Lipinski definition) is 6. The maximum Gasteiger partial charge on any atom is 0.387 e. The number of amides is 1. The second-order valence-electron chi connectivity index (χ2n) is 6.65. The van der Waals surface area contributed by atoms with Crippen molar-refractivity contribution in [2.24, 2.45) is 0 Å². The third-order valence-electron chi connectivity index (χ3n) is 4.27. The first-order valence-corrected chi connectivity index (χ1v) is 9.60. The summed E-state index contributed by atoms with van der Waals surface area (Å²) < 4.78 is 38.9. The number of carbonyl (C=O) groups is 3. The first-order chi connectivity index (χ1) is 15.3. The fourth-order valence-corrected chi connectivity index (χ4v) is 2.71. The van der Waals surface area contributed by atoms with Crippen molar-refractivity contribution in [1.29, 1.82) is 0 Å². The number of benzene rings is 2. The number of alkyl halides is 2. The molecule has 2 aromatic rings. The molecule has 1 amide bonds. The van der Waals surface area contributed by atoms with Gasteiger partial charge >= 0.3 is 12.6 Å². The van der Waals surface area contributed by atoms with E-state index in [2.05, 4.69) is 10.1 Å². The van der Waals surface area contributed by atoms with Crippen molar-refractivity contribution in [2.45, 2.75) is 26.0 Å². The van der Waals surface area contributed by atoms with E-state index in [9.17, 15) is 23.2 Å². The summed E-state index contributed by atoms with van der Waals surface area (Å²) in [5.74, 6) is -1.71. The lowest BCUT2D eigenvalue weighted by Crippen LogP contribution is -2.43. The largest absolute Gasteiger partial charge is 0.493 e. The standard InChI is InChI=1S/C23H23F2NO6/c1-15(27)18(12-16-6-4-3-5-7-16)26-21(28)14-31-22(29)11-9-17-8-10-19(32-23(24)25)20(13-17)30-2/h3-11,13,18,23H,12,14H2,1-2H3,(H,26,28)/b11-9+. The fraction of sp³-hybridized carbons (Fsp3) is 0.261. The molecule has 0 saturated heterocycles. The van der Waals surface area contributed by atoms with Crippen LogP contribution in [-0.4, -0.2) is 44.0 Å². The van der Waals surface area contributed by atoms with Crippen molar-refractivity contribution in [3.8, 4) is 11.5 Å². The molecule has 2 aromatic carbocycles. The van der Waals surface area contributed by atoms with E-state index in [0.717, 1.165) is 11.6 Å². The number of rotatable bonds is 11. The molecule has 0 aliphatic carbocycles. The Morgan fingerprint density at radius 2 is 1.78 bits per heavy atom. The summed E-state index contributed by atoms with van der Waals surface area (Å²) in [6, 6.07) is 12.6. The second kappa shape index (κ2) is 12.2. The van der Waals surface area contributed by atoms with Crippen molar-refractivity contribution in [1.82, 2.24) is 5.32 Å². The minimum atomic E-state index is -3.00. The Balaban J connectivity index is 1.88. The molecular weight excluding hydrogens is 424 g/mol. The van der Waals surface area contributed by atoms with Crippen LogP contribution in [0.2, 0.25) is 0 Å². The van der Waals surface area contributed by atoms with Gasteiger partial charge in [-0.1, -0.05) is 36.4 Å². The van der Waals surface area contributed by atoms with Crippen LogP contribution in [-0.2, 0) is 25.5 Å². The van der Waals surface area contributed by atoms with Crippen LogP contribution in [0.5, 0.6) is 11.5 Å². The molecule has 1 unspecified atom stereocenters. The summed E-state index contributed by atoms with van der Waals surface area (Å²) in [5.41, 5.74) is 1.35. The van der Waals surface area contributed by atoms with E-state index in [4.69, 9.17) is 9.47 Å². The SMILES string of the molecule is COc1cc(/C=C/C(=O)OCC(=O)NC(Cc2ccccc2)C(C)=O)ccc1OC(F)F. The van der Waals surface area contributed by atoms with Crippen LogP contribution in [0, 0.1) is 0 Å². The van der Waals surface area contributed by atoms with Crippen LogP contribution in [0.25, 0.3) is 6.08 Å². The first-order valence-electron chi connectivity index (χ1n) is 9.60. The Bertz CT molecular complexity index is 962. The van der Waals surface area contributed by atoms with Crippen molar-refractivity contribution in [3.63, 3.8) is 0 Å². The van der Waals surface area contributed by atoms with Crippen molar-refractivity contribution < 1.29 is 37.4 Å². The Kier molecular flexibility index (Phi) is 9.34. The van der Waals surface area contributed by atoms with Gasteiger partial charge in [0.25, 0.3) is 5.91 Å². The molecule has 0 saturated carbocycles. The van der Waals surface area contributed by atoms with E-state index in [1.165, 1.54) is 38.3 Å². The summed E-state index contributed by atoms with van der Waals surface area (Å²) in [5, 5.41) is 2.55. The van der Waals surface area contributed by atoms with Crippen LogP contribution in [0.15, 0.2) is 54.6 Å². The van der Waals surface area contributed by atoms with E-state index in [1.807, 2.05) is 30.3 Å². The number of ether oxygens (including phenoxy) is 3. The second-order valence-corrected chi connectivity index (χ2v) is 6.65. The summed E-state index contributed by atoms with van der Waals surface area (Å²) in [6.07, 6.45) is 2.76. The molecule has 0 bridgehead atoms. The van der Waals surface area contributed by atoms with Crippen LogP contribution in [0.4, 0.5) is 8.78 Å². The molecule has 170 valence electrons. The van der Waals surface area contributed by atoms with Gasteiger partial charge in [-0.25, -0.2) is 4.79 Å². The van der Waals surface area contributed by atoms with Crippen LogP contribution < -0.4 is 14.8 Å². The molecule has 1 N–H and O–H groups in total. The lowest BCUT2D eigenvalue weighted by atomic mass is 10.0. The molecule has 0 heterocycles. The monoisotopic (exact) mass is 447 g/mol. The number of methoxy groups -OCH3 is 1. The molecule has 0 fully saturated rings. The van der Waals surface area contributed by atoms with Crippen molar-refractivity contribution >= 4 is 23.7 Å². The Labute approximate surface area is 184 Å². The molecule has 0 aliphatic rings. The normalized spacial score (nSPS) is 11.8. The minimum absolute atomic E-state index is 0.0638. The summed E-state index contributed by atoms with van der Waals surface area (Å²) >= 11 is 0. The molecule has 0 radical (unpaired) electrons. The highest BCUT2D eigenvalue weighted by atomic mass is 19.3. The summed E-state index contributed by atoms with van der Waals surface area (Å²) in [4.78, 5) is 35.8. The fourth-order valence-electron chi connectivity index (χ4n) is 2.71. The van der Waals surface area contributed by atoms with Crippen LogP contribution >= 0.6 is 0 Å². The predicted octanol–water partition coefficient (Wildman–Crippen LogP) is 3.17. The number of ketones is 1. The third kappa shape index (κ3) is 8.17. The van der Waals surface area contributed by atoms with E-state index in [0.29, 0.717) is 12.0 Å². The highest BCUT2D eigenvalue weighted by Gasteiger charge is 2.18. The zero-order valence-electron chi connectivity index (χ0n) is 17.5. The number of halogens is 2. The minimum Gasteiger partial charge on any atom is -0.493 e. The number of esters is 1. The molecule has 32 heavy (non-hydrogen) atoms. The summed E-state index contributed by atoms with van der Waals surface area (Å²) in [7, 11) is 1.29. The van der Waals surface area contributed by atoms with Gasteiger partial charge in [-0.3, -0.25) is 9.59 Å². The van der Waals surface area contributed by atoms with Gasteiger partial charge in [0.2, 0.25) is 0 Å². The van der Waals surface area contributed by atoms with Gasteiger partial charge in [-0.2, -0.15) is 8.78 Å². The van der Waals surface area contributed by atoms with Gasteiger partial charge < -0.3 is 19.5 Å². The highest BCUT2D eigenvalue weighted by molar-refractivity contribution is 5.91. The quantitative estimate of drug-likeness (QED) is 0.420. The topological polar surface area (TPSA) is 90.9 Å². The Morgan fingerprint density at radius 1 is 1.06 bits per heavy atom. The van der Waals surface area contributed by atoms with E-state index in [-0.39, 0.29) is 17.3 Å². The van der Waals surface area contributed by atoms with Crippen molar-refractivity contribution in [2.75, 3.05) is 13.7 Å². The molecule has 2 rings (SSSR count). The molecular formula is C23H23F2NO6. The smallest absolute Gasteiger partial charge is 0.387 e. The maximum absolute atomic E-state index is 12.4. The van der Waals surface area contributed by atoms with E-state index >= 15 is 0 Å². The van der Waals surface area contributed by atoms with Gasteiger partial charge in [0.05, 0.1) is 13.2 Å². The number of Topliss-reactive ketones (excluding diaryl/α,β-unsaturated/α-hetero) is 1. The highest BCUT2D eigenvalue weighted by Crippen LogP contribution is 2.29. The number of carbonyl (C=O) groups excluding carboxylic acids is 3. The number of nitrogens with one attached hydrogen (secondary N) is 1. The van der Waals surface area contributed by atoms with Crippen molar-refractivity contribution in [3.05, 3.63) is 65.7 Å². The molecule has 9 heteroatoms. The molecule has 0 aromatic heterocycles. The van der Waals surface area contributed by atoms with E-state index in [1.54, 1.807) is 0 Å². The van der Waals surface area contributed by atoms with Gasteiger partial charge in [-0.05, 0) is 42.7 Å². The van der Waals surface area contributed by atoms with Gasteiger partial charge in [-0.15, -0.1) is 0 Å². The molecule has 7 nitrogen and oxygen atoms in total. The van der Waals surface area contributed by atoms with Crippen LogP contribution in [0.1, 0.15) is 18.1 Å². The van der Waals surface area contributed by atoms with Gasteiger partial charge in [0.1, 0.15) is 0 Å². The zero-order valence-corrected chi connectivity index (χ0v) is 17.5. The lowest BCUT2D eigenvalue weighted by molar-refractivity contribution is -0.144. The first kappa shape index (κ1) is 24.5. The third-order valence-corrected chi connectivity index (χ3v) is 4.27. The average molecular weight is 447 g/mol. The average Bonchev–Trinajstić information content (AvgIpc) is 2.76. The lowest BCUT2D eigenvalue weighted by Gasteiger charge is -2.16. The van der Waals surface area contributed by atoms with Gasteiger partial charge in [0, 0.05) is 6.08 Å². The zero-order chi connectivity index (χ0) is 23.5. The number of hydrogen-bond donors (Lipinski definition) is 1. The van der Waals surface area contributed by atoms with Crippen LogP contribution in [0.3, 0.4) is 0 Å². The Hall–Kier alpha value is -3.75. The predicted molar refractivity (Wildman–Crippen MR) is 112 cm³/mol. The molecule has 1 atom stereocenters. The Morgan fingerprint density at radius 3 is 2.41 bits per heavy atom.